The molecule has 0 atom stereocenters. The summed E-state index contributed by atoms with van der Waals surface area (Å²) in [4.78, 5) is 18.3. The molecule has 0 rings (SSSR count). The molecule has 0 aliphatic rings. The van der Waals surface area contributed by atoms with E-state index in [1.54, 1.807) is 0 Å². The first-order valence-corrected chi connectivity index (χ1v) is 2.02. The molecule has 5 nitrogen and oxygen atoms in total. The molecule has 0 amide bonds. The van der Waals surface area contributed by atoms with Crippen molar-refractivity contribution in [2.75, 3.05) is 14.1 Å². The lowest BCUT2D eigenvalue weighted by Crippen LogP contribution is -2.21. The van der Waals surface area contributed by atoms with E-state index < -0.39 is 6.16 Å². The largest absolute Gasteiger partial charge is 0.547 e. The van der Waals surface area contributed by atoms with Gasteiger partial charge >= 0.3 is 6.16 Å². The molecule has 0 aliphatic carbocycles. The summed E-state index contributed by atoms with van der Waals surface area (Å²) in [5.41, 5.74) is 4.28. The zero-order valence-electron chi connectivity index (χ0n) is 4.72. The molecule has 0 aliphatic heterocycles. The lowest BCUT2D eigenvalue weighted by atomic mass is 11.4. The van der Waals surface area contributed by atoms with Crippen molar-refractivity contribution in [3.05, 3.63) is 0 Å². The number of carbonyl (C=O) groups excluding carboxylic acids is 1. The minimum absolute atomic E-state index is 0.810. The van der Waals surface area contributed by atoms with E-state index in [2.05, 4.69) is 20.6 Å². The third-order valence-electron chi connectivity index (χ3n) is 0.371. The minimum Gasteiger partial charge on any atom is -0.337 e. The number of hydrogen-bond donors (Lipinski definition) is 2. The maximum Gasteiger partial charge on any atom is 0.547 e. The molecular formula is C3H8N2O3. The summed E-state index contributed by atoms with van der Waals surface area (Å²) < 4.78 is 0. The Balaban J connectivity index is 3.06. The Bertz CT molecular complexity index is 66.9. The first kappa shape index (κ1) is 7.19. The van der Waals surface area contributed by atoms with Crippen LogP contribution in [0.3, 0.4) is 0 Å². The molecule has 0 saturated heterocycles. The number of hydrogen-bond acceptors (Lipinski definition) is 5. The van der Waals surface area contributed by atoms with Crippen molar-refractivity contribution in [1.82, 2.24) is 11.0 Å². The summed E-state index contributed by atoms with van der Waals surface area (Å²) >= 11 is 0. The molecule has 0 saturated carbocycles. The van der Waals surface area contributed by atoms with Gasteiger partial charge in [-0.1, -0.05) is 0 Å². The normalized spacial score (nSPS) is 8.25. The Labute approximate surface area is 46.9 Å². The smallest absolute Gasteiger partial charge is 0.337 e. The highest BCUT2D eigenvalue weighted by molar-refractivity contribution is 5.58. The van der Waals surface area contributed by atoms with E-state index >= 15 is 0 Å². The average Bonchev–Trinajstić information content (AvgIpc) is 1.68. The molecule has 5 heteroatoms. The fourth-order valence-corrected chi connectivity index (χ4v) is 0.188. The molecule has 8 heavy (non-hydrogen) atoms. The second kappa shape index (κ2) is 4.35. The molecule has 2 N–H and O–H groups in total. The highest BCUT2D eigenvalue weighted by Crippen LogP contribution is 1.72. The summed E-state index contributed by atoms with van der Waals surface area (Å²) in [5.74, 6) is 0. The molecule has 0 aromatic carbocycles. The third-order valence-corrected chi connectivity index (χ3v) is 0.371. The first-order valence-electron chi connectivity index (χ1n) is 2.02. The van der Waals surface area contributed by atoms with Gasteiger partial charge in [-0.15, -0.1) is 0 Å². The molecular weight excluding hydrogens is 112 g/mol. The van der Waals surface area contributed by atoms with Crippen molar-refractivity contribution in [2.24, 2.45) is 0 Å². The van der Waals surface area contributed by atoms with Crippen LogP contribution in [0, 0.1) is 0 Å². The number of nitrogens with one attached hydrogen (secondary N) is 2. The Morgan fingerprint density at radius 2 is 1.62 bits per heavy atom. The highest BCUT2D eigenvalue weighted by atomic mass is 16.9. The quantitative estimate of drug-likeness (QED) is 0.477. The predicted octanol–water partition coefficient (Wildman–Crippen LogP) is -0.592. The molecule has 0 unspecified atom stereocenters. The molecule has 0 radical (unpaired) electrons. The third kappa shape index (κ3) is 3.38. The van der Waals surface area contributed by atoms with Crippen LogP contribution in [0.1, 0.15) is 0 Å². The summed E-state index contributed by atoms with van der Waals surface area (Å²) in [7, 11) is 2.91. The van der Waals surface area contributed by atoms with Crippen LogP contribution in [0.25, 0.3) is 0 Å². The Hall–Kier alpha value is -0.810. The number of hydroxylamine groups is 2. The van der Waals surface area contributed by atoms with Crippen LogP contribution < -0.4 is 11.0 Å². The van der Waals surface area contributed by atoms with Crippen molar-refractivity contribution in [3.8, 4) is 0 Å². The maximum absolute atomic E-state index is 10.1. The van der Waals surface area contributed by atoms with E-state index in [1.165, 1.54) is 14.1 Å². The lowest BCUT2D eigenvalue weighted by molar-refractivity contribution is -0.00127. The predicted molar refractivity (Wildman–Crippen MR) is 25.7 cm³/mol. The van der Waals surface area contributed by atoms with E-state index in [0.29, 0.717) is 0 Å². The van der Waals surface area contributed by atoms with Gasteiger partial charge < -0.3 is 9.68 Å². The van der Waals surface area contributed by atoms with Crippen LogP contribution in [-0.2, 0) is 9.68 Å². The lowest BCUT2D eigenvalue weighted by Gasteiger charge is -1.98. The molecule has 0 bridgehead atoms. The highest BCUT2D eigenvalue weighted by Gasteiger charge is 1.97. The fraction of sp³-hybridized carbons (Fsp3) is 0.667. The molecule has 0 aromatic heterocycles. The van der Waals surface area contributed by atoms with Gasteiger partial charge in [0.2, 0.25) is 0 Å². The molecule has 0 aromatic rings. The first-order chi connectivity index (χ1) is 3.81. The van der Waals surface area contributed by atoms with E-state index in [4.69, 9.17) is 0 Å². The Morgan fingerprint density at radius 1 is 1.25 bits per heavy atom. The van der Waals surface area contributed by atoms with Gasteiger partial charge in [0.25, 0.3) is 0 Å². The van der Waals surface area contributed by atoms with Crippen molar-refractivity contribution in [1.29, 1.82) is 0 Å². The number of rotatable bonds is 2. The van der Waals surface area contributed by atoms with Gasteiger partial charge in [-0.2, -0.15) is 15.8 Å². The fourth-order valence-electron chi connectivity index (χ4n) is 0.188. The van der Waals surface area contributed by atoms with E-state index in [1.807, 2.05) is 0 Å². The van der Waals surface area contributed by atoms with Crippen LogP contribution in [0.5, 0.6) is 0 Å². The van der Waals surface area contributed by atoms with Gasteiger partial charge in [0.15, 0.2) is 0 Å². The standard InChI is InChI=1S/C3H8N2O3/c1-4-7-3(6)8-5-2/h4-5H,1-2H3. The van der Waals surface area contributed by atoms with E-state index in [0.717, 1.165) is 0 Å². The van der Waals surface area contributed by atoms with Crippen LogP contribution in [0.2, 0.25) is 0 Å². The molecule has 48 valence electrons. The monoisotopic (exact) mass is 120 g/mol. The van der Waals surface area contributed by atoms with Crippen LogP contribution >= 0.6 is 0 Å². The summed E-state index contributed by atoms with van der Waals surface area (Å²) in [6, 6.07) is 0. The van der Waals surface area contributed by atoms with Gasteiger partial charge in [0.05, 0.1) is 0 Å². The zero-order chi connectivity index (χ0) is 6.41. The Morgan fingerprint density at radius 3 is 1.88 bits per heavy atom. The van der Waals surface area contributed by atoms with Gasteiger partial charge in [0.1, 0.15) is 0 Å². The van der Waals surface area contributed by atoms with Gasteiger partial charge in [-0.25, -0.2) is 0 Å². The number of carbonyl (C=O) groups is 1. The van der Waals surface area contributed by atoms with Gasteiger partial charge in [-0.3, -0.25) is 0 Å². The van der Waals surface area contributed by atoms with Crippen molar-refractivity contribution in [3.63, 3.8) is 0 Å². The Kier molecular flexibility index (Phi) is 3.91. The topological polar surface area (TPSA) is 59.6 Å². The van der Waals surface area contributed by atoms with Crippen molar-refractivity contribution < 1.29 is 14.5 Å². The van der Waals surface area contributed by atoms with E-state index in [9.17, 15) is 4.79 Å². The average molecular weight is 120 g/mol. The molecule has 0 spiro atoms. The summed E-state index contributed by atoms with van der Waals surface area (Å²) in [6.07, 6.45) is -0.810. The van der Waals surface area contributed by atoms with E-state index in [-0.39, 0.29) is 0 Å². The van der Waals surface area contributed by atoms with Crippen LogP contribution in [0.15, 0.2) is 0 Å². The second-order valence-electron chi connectivity index (χ2n) is 0.862. The van der Waals surface area contributed by atoms with Gasteiger partial charge in [-0.05, 0) is 0 Å². The van der Waals surface area contributed by atoms with Crippen molar-refractivity contribution >= 4 is 6.16 Å². The molecule has 0 fully saturated rings. The second-order valence-corrected chi connectivity index (χ2v) is 0.862. The maximum atomic E-state index is 10.1. The SMILES string of the molecule is CNOC(=O)ONC. The summed E-state index contributed by atoms with van der Waals surface area (Å²) in [6.45, 7) is 0. The van der Waals surface area contributed by atoms with Crippen LogP contribution in [0.4, 0.5) is 4.79 Å². The summed E-state index contributed by atoms with van der Waals surface area (Å²) in [5, 5.41) is 0. The molecule has 0 heterocycles. The zero-order valence-corrected chi connectivity index (χ0v) is 4.72. The minimum atomic E-state index is -0.810. The van der Waals surface area contributed by atoms with Crippen LogP contribution in [-0.4, -0.2) is 20.3 Å². The van der Waals surface area contributed by atoms with Crippen molar-refractivity contribution in [2.45, 2.75) is 0 Å². The van der Waals surface area contributed by atoms with Gasteiger partial charge in [0, 0.05) is 14.1 Å².